The fourth-order valence-electron chi connectivity index (χ4n) is 4.58. The van der Waals surface area contributed by atoms with E-state index in [1.165, 1.54) is 0 Å². The van der Waals surface area contributed by atoms with E-state index < -0.39 is 17.8 Å². The maximum Gasteiger partial charge on any atom is 0.410 e. The summed E-state index contributed by atoms with van der Waals surface area (Å²) in [4.78, 5) is 22.2. The molecule has 2 aliphatic rings. The Morgan fingerprint density at radius 1 is 1.39 bits per heavy atom. The van der Waals surface area contributed by atoms with Crippen LogP contribution in [0, 0.1) is 5.82 Å². The van der Waals surface area contributed by atoms with Gasteiger partial charge < -0.3 is 19.9 Å². The lowest BCUT2D eigenvalue weighted by atomic mass is 10.00. The molecule has 4 atom stereocenters. The van der Waals surface area contributed by atoms with Gasteiger partial charge in [0.1, 0.15) is 22.0 Å². The number of ether oxygens (including phenoxy) is 2. The molecule has 8 nitrogen and oxygen atoms in total. The van der Waals surface area contributed by atoms with Crippen molar-refractivity contribution in [2.45, 2.75) is 63.8 Å². The van der Waals surface area contributed by atoms with E-state index in [0.29, 0.717) is 13.2 Å². The van der Waals surface area contributed by atoms with Crippen LogP contribution >= 0.6 is 39.1 Å². The first kappa shape index (κ1) is 24.5. The number of carbonyl (C=O) groups is 1. The molecule has 2 N–H and O–H groups in total. The molecular formula is C21H24BrCl2FN4O4. The molecule has 2 fully saturated rings. The summed E-state index contributed by atoms with van der Waals surface area (Å²) in [7, 11) is 0. The van der Waals surface area contributed by atoms with Gasteiger partial charge in [-0.25, -0.2) is 14.2 Å². The van der Waals surface area contributed by atoms with Crippen LogP contribution in [-0.2, 0) is 4.74 Å². The van der Waals surface area contributed by atoms with Crippen molar-refractivity contribution in [1.29, 1.82) is 0 Å². The summed E-state index contributed by atoms with van der Waals surface area (Å²) in [5, 5.41) is 13.4. The number of hydrogen-bond acceptors (Lipinski definition) is 7. The SMILES string of the molecule is CCCCOC(=O)N1[C@@H]2CC[C@H]1[C@@H]([C@H](C)Oc1c(Cl)c(Br)c(F)c3nc(Cl)nc(O)c13)NC2. The quantitative estimate of drug-likeness (QED) is 0.287. The number of nitrogens with zero attached hydrogens (tertiary/aromatic N) is 3. The number of aromatic hydroxyl groups is 1. The number of halogens is 4. The Balaban J connectivity index is 1.62. The average molecular weight is 566 g/mol. The van der Waals surface area contributed by atoms with Crippen molar-refractivity contribution in [1.82, 2.24) is 20.2 Å². The Morgan fingerprint density at radius 3 is 2.88 bits per heavy atom. The second-order valence-corrected chi connectivity index (χ2v) is 9.75. The zero-order valence-corrected chi connectivity index (χ0v) is 21.2. The van der Waals surface area contributed by atoms with Gasteiger partial charge in [0.15, 0.2) is 11.6 Å². The first-order valence-electron chi connectivity index (χ1n) is 10.8. The number of hydrogen-bond donors (Lipinski definition) is 2. The first-order valence-corrected chi connectivity index (χ1v) is 12.4. The van der Waals surface area contributed by atoms with E-state index in [2.05, 4.69) is 31.2 Å². The van der Waals surface area contributed by atoms with E-state index in [-0.39, 0.29) is 55.7 Å². The summed E-state index contributed by atoms with van der Waals surface area (Å²) in [6.07, 6.45) is 2.60. The molecule has 1 aromatic carbocycles. The Morgan fingerprint density at radius 2 is 2.15 bits per heavy atom. The van der Waals surface area contributed by atoms with Gasteiger partial charge in [0.25, 0.3) is 0 Å². The Kier molecular flexibility index (Phi) is 7.38. The summed E-state index contributed by atoms with van der Waals surface area (Å²) in [5.74, 6) is -1.30. The lowest BCUT2D eigenvalue weighted by Gasteiger charge is -2.42. The summed E-state index contributed by atoms with van der Waals surface area (Å²) < 4.78 is 26.3. The van der Waals surface area contributed by atoms with E-state index in [1.54, 1.807) is 4.90 Å². The van der Waals surface area contributed by atoms with E-state index in [1.807, 2.05) is 13.8 Å². The molecule has 180 valence electrons. The Labute approximate surface area is 208 Å². The van der Waals surface area contributed by atoms with E-state index in [4.69, 9.17) is 32.7 Å². The number of fused-ring (bicyclic) bond motifs is 3. The summed E-state index contributed by atoms with van der Waals surface area (Å²) in [5.41, 5.74) is -0.218. The highest BCUT2D eigenvalue weighted by Crippen LogP contribution is 2.45. The van der Waals surface area contributed by atoms with Crippen molar-refractivity contribution in [2.75, 3.05) is 13.2 Å². The van der Waals surface area contributed by atoms with Gasteiger partial charge in [-0.15, -0.1) is 0 Å². The van der Waals surface area contributed by atoms with Crippen LogP contribution in [0.2, 0.25) is 10.3 Å². The van der Waals surface area contributed by atoms with Gasteiger partial charge in [-0.1, -0.05) is 24.9 Å². The summed E-state index contributed by atoms with van der Waals surface area (Å²) in [6, 6.07) is -0.314. The molecule has 4 rings (SSSR count). The van der Waals surface area contributed by atoms with E-state index in [9.17, 15) is 14.3 Å². The normalized spacial score (nSPS) is 23.1. The van der Waals surface area contributed by atoms with Crippen LogP contribution in [0.5, 0.6) is 11.6 Å². The molecule has 1 amide bonds. The molecule has 12 heteroatoms. The van der Waals surface area contributed by atoms with E-state index >= 15 is 0 Å². The van der Waals surface area contributed by atoms with E-state index in [0.717, 1.165) is 25.7 Å². The molecule has 2 bridgehead atoms. The number of carbonyl (C=O) groups excluding carboxylic acids is 1. The van der Waals surface area contributed by atoms with Crippen molar-refractivity contribution in [3.63, 3.8) is 0 Å². The molecule has 1 aromatic heterocycles. The summed E-state index contributed by atoms with van der Waals surface area (Å²) in [6.45, 7) is 4.85. The van der Waals surface area contributed by atoms with Crippen molar-refractivity contribution < 1.29 is 23.8 Å². The predicted molar refractivity (Wildman–Crippen MR) is 126 cm³/mol. The third-order valence-corrected chi connectivity index (χ3v) is 7.68. The molecule has 0 saturated carbocycles. The lowest BCUT2D eigenvalue weighted by molar-refractivity contribution is 0.0379. The number of benzene rings is 1. The van der Waals surface area contributed by atoms with Crippen molar-refractivity contribution in [3.8, 4) is 11.6 Å². The highest BCUT2D eigenvalue weighted by molar-refractivity contribution is 9.10. The molecule has 0 aliphatic carbocycles. The predicted octanol–water partition coefficient (Wildman–Crippen LogP) is 5.05. The molecule has 2 aromatic rings. The zero-order valence-electron chi connectivity index (χ0n) is 18.1. The second kappa shape index (κ2) is 9.93. The van der Waals surface area contributed by atoms with Gasteiger partial charge in [0, 0.05) is 12.6 Å². The minimum absolute atomic E-state index is 0.0283. The van der Waals surface area contributed by atoms with Crippen molar-refractivity contribution in [3.05, 3.63) is 20.6 Å². The van der Waals surface area contributed by atoms with Crippen LogP contribution < -0.4 is 10.1 Å². The molecule has 0 unspecified atom stereocenters. The topological polar surface area (TPSA) is 96.8 Å². The molecule has 3 heterocycles. The Bertz CT molecular complexity index is 1080. The number of aromatic nitrogens is 2. The van der Waals surface area contributed by atoms with Gasteiger partial charge >= 0.3 is 6.09 Å². The highest BCUT2D eigenvalue weighted by atomic mass is 79.9. The van der Waals surface area contributed by atoms with Gasteiger partial charge in [-0.3, -0.25) is 4.90 Å². The van der Waals surface area contributed by atoms with Gasteiger partial charge in [0.05, 0.1) is 23.2 Å². The number of amides is 1. The summed E-state index contributed by atoms with van der Waals surface area (Å²) >= 11 is 15.3. The monoisotopic (exact) mass is 564 g/mol. The molecule has 2 aliphatic heterocycles. The standard InChI is InChI=1S/C21H24BrCl2FN4O4/c1-3-4-7-32-21(31)29-10-5-6-11(29)16(26-8-10)9(2)33-18-12-17(15(25)13(22)14(18)23)27-20(24)28-19(12)30/h9-11,16,26H,3-8H2,1-2H3,(H,27,28,30)/t9-,10+,11-,16+/m0/s1. The number of unbranched alkanes of at least 4 members (excludes halogenated alkanes) is 1. The highest BCUT2D eigenvalue weighted by Gasteiger charge is 2.48. The Hall–Kier alpha value is -1.62. The minimum atomic E-state index is -0.787. The maximum absolute atomic E-state index is 14.8. The first-order chi connectivity index (χ1) is 15.7. The fraction of sp³-hybridized carbons (Fsp3) is 0.571. The van der Waals surface area contributed by atoms with Crippen LogP contribution in [0.3, 0.4) is 0 Å². The van der Waals surface area contributed by atoms with Gasteiger partial charge in [-0.05, 0) is 53.7 Å². The van der Waals surface area contributed by atoms with Crippen LogP contribution in [0.25, 0.3) is 10.9 Å². The average Bonchev–Trinajstić information content (AvgIpc) is 3.07. The third kappa shape index (κ3) is 4.54. The van der Waals surface area contributed by atoms with Crippen LogP contribution in [0.1, 0.15) is 39.5 Å². The maximum atomic E-state index is 14.8. The van der Waals surface area contributed by atoms with Gasteiger partial charge in [0.2, 0.25) is 11.2 Å². The van der Waals surface area contributed by atoms with Crippen molar-refractivity contribution >= 4 is 56.1 Å². The number of piperazine rings is 1. The zero-order chi connectivity index (χ0) is 23.9. The molecule has 0 spiro atoms. The largest absolute Gasteiger partial charge is 0.493 e. The second-order valence-electron chi connectivity index (χ2n) is 8.24. The smallest absolute Gasteiger partial charge is 0.410 e. The van der Waals surface area contributed by atoms with Crippen molar-refractivity contribution in [2.24, 2.45) is 0 Å². The van der Waals surface area contributed by atoms with Crippen LogP contribution in [-0.4, -0.2) is 63.4 Å². The van der Waals surface area contributed by atoms with Crippen LogP contribution in [0.4, 0.5) is 9.18 Å². The third-order valence-electron chi connectivity index (χ3n) is 6.18. The molecule has 0 radical (unpaired) electrons. The molecule has 33 heavy (non-hydrogen) atoms. The van der Waals surface area contributed by atoms with Crippen LogP contribution in [0.15, 0.2) is 4.47 Å². The molecule has 2 saturated heterocycles. The fourth-order valence-corrected chi connectivity index (χ4v) is 5.34. The van der Waals surface area contributed by atoms with Gasteiger partial charge in [-0.2, -0.15) is 4.98 Å². The minimum Gasteiger partial charge on any atom is -0.493 e. The molecular weight excluding hydrogens is 542 g/mol. The number of nitrogens with one attached hydrogen (secondary N) is 1. The number of rotatable bonds is 6. The lowest BCUT2D eigenvalue weighted by Crippen LogP contribution is -2.63.